The van der Waals surface area contributed by atoms with Crippen LogP contribution in [0.25, 0.3) is 10.8 Å². The number of rotatable bonds is 6. The molecule has 0 fully saturated rings. The number of hydrogen-bond donors (Lipinski definition) is 0. The second-order valence-electron chi connectivity index (χ2n) is 18.7. The highest BCUT2D eigenvalue weighted by Gasteiger charge is 2.28. The van der Waals surface area contributed by atoms with Gasteiger partial charge in [0.05, 0.1) is 16.4 Å². The Kier molecular flexibility index (Phi) is 10.1. The predicted octanol–water partition coefficient (Wildman–Crippen LogP) is 15.6. The number of hydrogen-bond acceptors (Lipinski definition) is 2. The van der Waals surface area contributed by atoms with Gasteiger partial charge in [-0.3, -0.25) is 0 Å². The average Bonchev–Trinajstić information content (AvgIpc) is 3.09. The zero-order valence-electron chi connectivity index (χ0n) is 33.9. The quantitative estimate of drug-likeness (QED) is 0.169. The standard InChI is InChI=1S/C50H57ClN2/c1-47(2,3)36-18-25-40(26-19-36)52(41-27-20-37(21-28-41)48(4,5)6)44-32-39(50(10,11)12)33-45(46(44)51)53(42-29-22-38(23-30-42)49(7,8)9)43-24-17-34-15-13-14-16-35(34)31-43/h13-33H,1-12H3. The Bertz CT molecular complexity index is 2140. The molecule has 274 valence electrons. The van der Waals surface area contributed by atoms with Gasteiger partial charge in [0, 0.05) is 22.7 Å². The van der Waals surface area contributed by atoms with Crippen molar-refractivity contribution in [1.29, 1.82) is 0 Å². The van der Waals surface area contributed by atoms with Crippen LogP contribution >= 0.6 is 11.6 Å². The maximum Gasteiger partial charge on any atom is 0.0887 e. The molecule has 0 bridgehead atoms. The minimum Gasteiger partial charge on any atom is -0.309 e. The third-order valence-electron chi connectivity index (χ3n) is 10.3. The lowest BCUT2D eigenvalue weighted by Gasteiger charge is -2.34. The van der Waals surface area contributed by atoms with E-state index in [1.165, 1.54) is 33.0 Å². The number of benzene rings is 6. The van der Waals surface area contributed by atoms with Crippen LogP contribution < -0.4 is 9.80 Å². The van der Waals surface area contributed by atoms with Crippen LogP contribution in [-0.2, 0) is 21.7 Å². The van der Waals surface area contributed by atoms with Gasteiger partial charge >= 0.3 is 0 Å². The molecule has 0 N–H and O–H groups in total. The van der Waals surface area contributed by atoms with Gasteiger partial charge in [-0.15, -0.1) is 0 Å². The van der Waals surface area contributed by atoms with Crippen molar-refractivity contribution in [3.05, 3.63) is 155 Å². The highest BCUT2D eigenvalue weighted by atomic mass is 35.5. The Balaban J connectivity index is 1.65. The number of nitrogens with zero attached hydrogens (tertiary/aromatic N) is 2. The van der Waals surface area contributed by atoms with E-state index < -0.39 is 0 Å². The van der Waals surface area contributed by atoms with E-state index in [2.05, 4.69) is 220 Å². The molecule has 0 aliphatic heterocycles. The van der Waals surface area contributed by atoms with Crippen molar-refractivity contribution in [2.45, 2.75) is 105 Å². The van der Waals surface area contributed by atoms with Gasteiger partial charge in [-0.1, -0.05) is 161 Å². The summed E-state index contributed by atoms with van der Waals surface area (Å²) in [5.74, 6) is 0. The maximum atomic E-state index is 7.87. The van der Waals surface area contributed by atoms with Crippen LogP contribution in [0.3, 0.4) is 0 Å². The van der Waals surface area contributed by atoms with Crippen LogP contribution in [-0.4, -0.2) is 0 Å². The van der Waals surface area contributed by atoms with Crippen molar-refractivity contribution < 1.29 is 0 Å². The first-order valence-corrected chi connectivity index (χ1v) is 19.3. The summed E-state index contributed by atoms with van der Waals surface area (Å²) >= 11 is 7.87. The Morgan fingerprint density at radius 2 is 0.660 bits per heavy atom. The van der Waals surface area contributed by atoms with E-state index in [0.717, 1.165) is 34.1 Å². The van der Waals surface area contributed by atoms with Gasteiger partial charge in [0.15, 0.2) is 0 Å². The van der Waals surface area contributed by atoms with Gasteiger partial charge < -0.3 is 9.80 Å². The summed E-state index contributed by atoms with van der Waals surface area (Å²) in [7, 11) is 0. The molecule has 6 rings (SSSR count). The van der Waals surface area contributed by atoms with E-state index in [-0.39, 0.29) is 21.7 Å². The molecule has 6 aromatic carbocycles. The zero-order valence-corrected chi connectivity index (χ0v) is 34.7. The molecule has 0 amide bonds. The SMILES string of the molecule is CC(C)(C)c1ccc(N(c2ccc(C(C)(C)C)cc2)c2cc(C(C)(C)C)cc(N(c3ccc(C(C)(C)C)cc3)c3ccc4ccccc4c3)c2Cl)cc1. The molecule has 0 aliphatic rings. The first-order valence-electron chi connectivity index (χ1n) is 19.0. The van der Waals surface area contributed by atoms with Crippen LogP contribution in [0.2, 0.25) is 5.02 Å². The van der Waals surface area contributed by atoms with Gasteiger partial charge in [0.2, 0.25) is 0 Å². The lowest BCUT2D eigenvalue weighted by Crippen LogP contribution is -2.19. The third-order valence-corrected chi connectivity index (χ3v) is 10.7. The summed E-state index contributed by atoms with van der Waals surface area (Å²) in [6, 6.07) is 46.8. The highest BCUT2D eigenvalue weighted by Crippen LogP contribution is 2.49. The molecule has 53 heavy (non-hydrogen) atoms. The van der Waals surface area contributed by atoms with E-state index in [1.54, 1.807) is 0 Å². The van der Waals surface area contributed by atoms with Crippen LogP contribution in [0, 0.1) is 0 Å². The van der Waals surface area contributed by atoms with E-state index in [1.807, 2.05) is 0 Å². The molecule has 0 saturated heterocycles. The van der Waals surface area contributed by atoms with Crippen molar-refractivity contribution in [3.8, 4) is 0 Å². The highest BCUT2D eigenvalue weighted by molar-refractivity contribution is 6.36. The van der Waals surface area contributed by atoms with Gasteiger partial charge in [0.25, 0.3) is 0 Å². The van der Waals surface area contributed by atoms with E-state index >= 15 is 0 Å². The molecule has 6 aromatic rings. The van der Waals surface area contributed by atoms with Crippen molar-refractivity contribution in [2.75, 3.05) is 9.80 Å². The molecule has 0 spiro atoms. The lowest BCUT2D eigenvalue weighted by molar-refractivity contribution is 0.589. The van der Waals surface area contributed by atoms with Crippen molar-refractivity contribution in [3.63, 3.8) is 0 Å². The number of anilines is 6. The molecule has 0 heterocycles. The normalized spacial score (nSPS) is 12.6. The molecule has 0 saturated carbocycles. The van der Waals surface area contributed by atoms with Crippen LogP contribution in [0.1, 0.15) is 105 Å². The molecule has 0 unspecified atom stereocenters. The fourth-order valence-electron chi connectivity index (χ4n) is 6.85. The second kappa shape index (κ2) is 14.0. The molecule has 3 heteroatoms. The maximum absolute atomic E-state index is 7.87. The summed E-state index contributed by atoms with van der Waals surface area (Å²) in [5.41, 5.74) is 11.2. The molecule has 0 aromatic heterocycles. The monoisotopic (exact) mass is 720 g/mol. The molecular formula is C50H57ClN2. The number of fused-ring (bicyclic) bond motifs is 1. The molecule has 0 aliphatic carbocycles. The molecule has 2 nitrogen and oxygen atoms in total. The van der Waals surface area contributed by atoms with Gasteiger partial charge in [-0.05, 0) is 115 Å². The first kappa shape index (κ1) is 38.2. The first-order chi connectivity index (χ1) is 24.7. The van der Waals surface area contributed by atoms with Crippen molar-refractivity contribution >= 4 is 56.5 Å². The smallest absolute Gasteiger partial charge is 0.0887 e. The lowest BCUT2D eigenvalue weighted by atomic mass is 9.85. The van der Waals surface area contributed by atoms with Crippen LogP contribution in [0.5, 0.6) is 0 Å². The largest absolute Gasteiger partial charge is 0.309 e. The van der Waals surface area contributed by atoms with Gasteiger partial charge in [0.1, 0.15) is 0 Å². The van der Waals surface area contributed by atoms with Crippen molar-refractivity contribution in [2.24, 2.45) is 0 Å². The zero-order chi connectivity index (χ0) is 38.5. The van der Waals surface area contributed by atoms with Gasteiger partial charge in [-0.25, -0.2) is 0 Å². The van der Waals surface area contributed by atoms with E-state index in [0.29, 0.717) is 5.02 Å². The molecule has 0 radical (unpaired) electrons. The Hall–Kier alpha value is -4.53. The third kappa shape index (κ3) is 8.19. The predicted molar refractivity (Wildman–Crippen MR) is 233 cm³/mol. The van der Waals surface area contributed by atoms with E-state index in [4.69, 9.17) is 11.6 Å². The van der Waals surface area contributed by atoms with Crippen LogP contribution in [0.15, 0.2) is 127 Å². The Morgan fingerprint density at radius 3 is 1.02 bits per heavy atom. The summed E-state index contributed by atoms with van der Waals surface area (Å²) in [5, 5.41) is 3.08. The minimum atomic E-state index is -0.156. The Labute approximate surface area is 324 Å². The second-order valence-corrected chi connectivity index (χ2v) is 19.0. The topological polar surface area (TPSA) is 6.48 Å². The summed E-state index contributed by atoms with van der Waals surface area (Å²) in [6.07, 6.45) is 0. The summed E-state index contributed by atoms with van der Waals surface area (Å²) < 4.78 is 0. The van der Waals surface area contributed by atoms with Gasteiger partial charge in [-0.2, -0.15) is 0 Å². The fourth-order valence-corrected chi connectivity index (χ4v) is 7.13. The average molecular weight is 721 g/mol. The number of halogens is 1. The van der Waals surface area contributed by atoms with Crippen LogP contribution in [0.4, 0.5) is 34.1 Å². The summed E-state index contributed by atoms with van der Waals surface area (Å²) in [6.45, 7) is 27.2. The van der Waals surface area contributed by atoms with E-state index in [9.17, 15) is 0 Å². The fraction of sp³-hybridized carbons (Fsp3) is 0.320. The molecular weight excluding hydrogens is 664 g/mol. The Morgan fingerprint density at radius 1 is 0.340 bits per heavy atom. The molecule has 0 atom stereocenters. The summed E-state index contributed by atoms with van der Waals surface area (Å²) in [4.78, 5) is 4.67. The minimum absolute atomic E-state index is 0.0366. The van der Waals surface area contributed by atoms with Crippen molar-refractivity contribution in [1.82, 2.24) is 0 Å².